The second-order valence-corrected chi connectivity index (χ2v) is 4.28. The summed E-state index contributed by atoms with van der Waals surface area (Å²) in [4.78, 5) is 4.20. The molecule has 0 amide bonds. The van der Waals surface area contributed by atoms with Gasteiger partial charge in [-0.05, 0) is 20.0 Å². The van der Waals surface area contributed by atoms with Crippen molar-refractivity contribution in [2.75, 3.05) is 14.2 Å². The van der Waals surface area contributed by atoms with Gasteiger partial charge in [-0.2, -0.15) is 5.10 Å². The summed E-state index contributed by atoms with van der Waals surface area (Å²) in [6.07, 6.45) is 1.54. The van der Waals surface area contributed by atoms with Crippen LogP contribution in [0.2, 0.25) is 0 Å². The van der Waals surface area contributed by atoms with Crippen LogP contribution in [0.4, 0.5) is 0 Å². The lowest BCUT2D eigenvalue weighted by atomic mass is 10.2. The maximum atomic E-state index is 5.88. The number of rotatable bonds is 7. The first-order chi connectivity index (χ1) is 9.78. The van der Waals surface area contributed by atoms with E-state index < -0.39 is 0 Å². The highest BCUT2D eigenvalue weighted by Gasteiger charge is 2.08. The molecule has 20 heavy (non-hydrogen) atoms. The van der Waals surface area contributed by atoms with E-state index in [1.165, 1.54) is 0 Å². The Morgan fingerprint density at radius 2 is 2.20 bits per heavy atom. The predicted octanol–water partition coefficient (Wildman–Crippen LogP) is 1.60. The summed E-state index contributed by atoms with van der Waals surface area (Å²) in [7, 11) is 3.55. The molecule has 0 aliphatic rings. The number of aromatic nitrogens is 3. The van der Waals surface area contributed by atoms with Crippen molar-refractivity contribution in [2.24, 2.45) is 0 Å². The van der Waals surface area contributed by atoms with Crippen LogP contribution in [-0.2, 0) is 19.7 Å². The van der Waals surface area contributed by atoms with Crippen molar-refractivity contribution in [1.82, 2.24) is 20.1 Å². The van der Waals surface area contributed by atoms with E-state index in [0.29, 0.717) is 6.61 Å². The molecule has 6 nitrogen and oxygen atoms in total. The second kappa shape index (κ2) is 6.91. The molecule has 0 saturated carbocycles. The highest BCUT2D eigenvalue weighted by Crippen LogP contribution is 2.25. The average molecular weight is 276 g/mol. The Hall–Kier alpha value is -2.08. The third-order valence-electron chi connectivity index (χ3n) is 2.99. The third kappa shape index (κ3) is 3.27. The molecule has 0 atom stereocenters. The molecule has 2 rings (SSSR count). The van der Waals surface area contributed by atoms with Gasteiger partial charge < -0.3 is 14.8 Å². The van der Waals surface area contributed by atoms with Crippen molar-refractivity contribution in [3.63, 3.8) is 0 Å². The Balaban J connectivity index is 2.14. The van der Waals surface area contributed by atoms with E-state index in [4.69, 9.17) is 9.47 Å². The molecule has 0 spiro atoms. The zero-order valence-corrected chi connectivity index (χ0v) is 12.1. The van der Waals surface area contributed by atoms with Gasteiger partial charge in [0.05, 0.1) is 7.11 Å². The molecule has 0 fully saturated rings. The first-order valence-corrected chi connectivity index (χ1v) is 6.59. The number of hydrogen-bond donors (Lipinski definition) is 1. The van der Waals surface area contributed by atoms with Gasteiger partial charge in [0.15, 0.2) is 5.82 Å². The molecule has 2 aromatic rings. The first-order valence-electron chi connectivity index (χ1n) is 6.59. The van der Waals surface area contributed by atoms with Crippen LogP contribution < -0.4 is 14.8 Å². The number of methoxy groups -OCH3 is 1. The fraction of sp³-hybridized carbons (Fsp3) is 0.429. The molecule has 108 valence electrons. The smallest absolute Gasteiger partial charge is 0.164 e. The van der Waals surface area contributed by atoms with Gasteiger partial charge in [-0.15, -0.1) is 0 Å². The molecule has 1 aromatic carbocycles. The summed E-state index contributed by atoms with van der Waals surface area (Å²) in [5, 5.41) is 7.25. The Morgan fingerprint density at radius 1 is 1.35 bits per heavy atom. The van der Waals surface area contributed by atoms with Crippen LogP contribution in [0.5, 0.6) is 11.5 Å². The SMILES string of the molecule is CCn1ncnc1COc1cc(OC)ccc1CNC. The van der Waals surface area contributed by atoms with E-state index in [1.54, 1.807) is 13.4 Å². The topological polar surface area (TPSA) is 61.2 Å². The molecule has 0 saturated heterocycles. The van der Waals surface area contributed by atoms with Crippen molar-refractivity contribution >= 4 is 0 Å². The van der Waals surface area contributed by atoms with Gasteiger partial charge >= 0.3 is 0 Å². The number of ether oxygens (including phenoxy) is 2. The quantitative estimate of drug-likeness (QED) is 0.832. The number of hydrogen-bond acceptors (Lipinski definition) is 5. The molecule has 0 unspecified atom stereocenters. The monoisotopic (exact) mass is 276 g/mol. The van der Waals surface area contributed by atoms with Gasteiger partial charge in [0.2, 0.25) is 0 Å². The van der Waals surface area contributed by atoms with Crippen LogP contribution in [0.1, 0.15) is 18.3 Å². The Kier molecular flexibility index (Phi) is 4.95. The van der Waals surface area contributed by atoms with Crippen molar-refractivity contribution in [1.29, 1.82) is 0 Å². The van der Waals surface area contributed by atoms with Gasteiger partial charge in [0.1, 0.15) is 24.4 Å². The highest BCUT2D eigenvalue weighted by molar-refractivity contribution is 5.40. The van der Waals surface area contributed by atoms with Crippen LogP contribution in [0.15, 0.2) is 24.5 Å². The van der Waals surface area contributed by atoms with Crippen molar-refractivity contribution in [3.05, 3.63) is 35.9 Å². The summed E-state index contributed by atoms with van der Waals surface area (Å²) in [6.45, 7) is 3.92. The lowest BCUT2D eigenvalue weighted by molar-refractivity contribution is 0.282. The molecule has 6 heteroatoms. The number of nitrogens with one attached hydrogen (secondary N) is 1. The normalized spacial score (nSPS) is 10.6. The Bertz CT molecular complexity index is 554. The molecule has 0 bridgehead atoms. The molecule has 1 heterocycles. The number of benzene rings is 1. The summed E-state index contributed by atoms with van der Waals surface area (Å²) >= 11 is 0. The fourth-order valence-electron chi connectivity index (χ4n) is 1.94. The minimum absolute atomic E-state index is 0.387. The van der Waals surface area contributed by atoms with Crippen LogP contribution in [0.3, 0.4) is 0 Å². The standard InChI is InChI=1S/C14H20N4O2/c1-4-18-14(16-10-17-18)9-20-13-7-12(19-3)6-5-11(13)8-15-2/h5-7,10,15H,4,8-9H2,1-3H3. The third-order valence-corrected chi connectivity index (χ3v) is 2.99. The zero-order valence-electron chi connectivity index (χ0n) is 12.1. The van der Waals surface area contributed by atoms with Crippen molar-refractivity contribution in [3.8, 4) is 11.5 Å². The zero-order chi connectivity index (χ0) is 14.4. The van der Waals surface area contributed by atoms with E-state index >= 15 is 0 Å². The Morgan fingerprint density at radius 3 is 2.90 bits per heavy atom. The van der Waals surface area contributed by atoms with Crippen LogP contribution in [0.25, 0.3) is 0 Å². The first kappa shape index (κ1) is 14.3. The molecule has 1 N–H and O–H groups in total. The van der Waals surface area contributed by atoms with Crippen LogP contribution >= 0.6 is 0 Å². The van der Waals surface area contributed by atoms with E-state index in [-0.39, 0.29) is 0 Å². The summed E-state index contributed by atoms with van der Waals surface area (Å²) in [5.74, 6) is 2.38. The summed E-state index contributed by atoms with van der Waals surface area (Å²) in [5.41, 5.74) is 1.08. The van der Waals surface area contributed by atoms with E-state index in [2.05, 4.69) is 15.4 Å². The summed E-state index contributed by atoms with van der Waals surface area (Å²) < 4.78 is 12.9. The molecular weight excluding hydrogens is 256 g/mol. The van der Waals surface area contributed by atoms with Gasteiger partial charge in [0.25, 0.3) is 0 Å². The van der Waals surface area contributed by atoms with Crippen LogP contribution in [0, 0.1) is 0 Å². The summed E-state index contributed by atoms with van der Waals surface area (Å²) in [6, 6.07) is 5.81. The predicted molar refractivity (Wildman–Crippen MR) is 75.8 cm³/mol. The van der Waals surface area contributed by atoms with Crippen LogP contribution in [-0.4, -0.2) is 28.9 Å². The van der Waals surface area contributed by atoms with Gasteiger partial charge in [-0.25, -0.2) is 9.67 Å². The fourth-order valence-corrected chi connectivity index (χ4v) is 1.94. The van der Waals surface area contributed by atoms with E-state index in [0.717, 1.165) is 36.0 Å². The van der Waals surface area contributed by atoms with Crippen molar-refractivity contribution in [2.45, 2.75) is 26.6 Å². The molecule has 0 aliphatic heterocycles. The van der Waals surface area contributed by atoms with Crippen molar-refractivity contribution < 1.29 is 9.47 Å². The molecule has 0 aliphatic carbocycles. The van der Waals surface area contributed by atoms with E-state index in [9.17, 15) is 0 Å². The Labute approximate surface area is 118 Å². The average Bonchev–Trinajstić information content (AvgIpc) is 2.94. The molecular formula is C14H20N4O2. The number of nitrogens with zero attached hydrogens (tertiary/aromatic N) is 3. The largest absolute Gasteiger partial charge is 0.497 e. The van der Waals surface area contributed by atoms with Gasteiger partial charge in [-0.1, -0.05) is 6.07 Å². The highest BCUT2D eigenvalue weighted by atomic mass is 16.5. The van der Waals surface area contributed by atoms with Gasteiger partial charge in [-0.3, -0.25) is 0 Å². The maximum Gasteiger partial charge on any atom is 0.164 e. The maximum absolute atomic E-state index is 5.88. The number of aryl methyl sites for hydroxylation is 1. The van der Waals surface area contributed by atoms with Gasteiger partial charge in [0, 0.05) is 24.7 Å². The lowest BCUT2D eigenvalue weighted by Crippen LogP contribution is -2.10. The second-order valence-electron chi connectivity index (χ2n) is 4.28. The molecule has 1 aromatic heterocycles. The minimum atomic E-state index is 0.387. The molecule has 0 radical (unpaired) electrons. The minimum Gasteiger partial charge on any atom is -0.497 e. The lowest BCUT2D eigenvalue weighted by Gasteiger charge is -2.13. The van der Waals surface area contributed by atoms with E-state index in [1.807, 2.05) is 36.9 Å².